The summed E-state index contributed by atoms with van der Waals surface area (Å²) in [5, 5.41) is 4.51. The molecule has 3 nitrogen and oxygen atoms in total. The Bertz CT molecular complexity index is 929. The first-order valence-electron chi connectivity index (χ1n) is 8.26. The largest absolute Gasteiger partial charge is 0.358 e. The number of halogens is 1. The molecule has 0 saturated carbocycles. The Balaban J connectivity index is 1.54. The highest BCUT2D eigenvalue weighted by molar-refractivity contribution is 9.10. The van der Waals surface area contributed by atoms with Gasteiger partial charge in [-0.15, -0.1) is 0 Å². The summed E-state index contributed by atoms with van der Waals surface area (Å²) in [4.78, 5) is 16.0. The van der Waals surface area contributed by atoms with Crippen molar-refractivity contribution in [3.8, 4) is 0 Å². The number of aryl methyl sites for hydroxylation is 2. The van der Waals surface area contributed by atoms with Crippen LogP contribution in [0.25, 0.3) is 10.9 Å². The standard InChI is InChI=1S/C20H19BrN2O/c1-12-5-8-18-17(9-12)16-7-6-15(11-19(16)23-18)22-20(24)13-3-2-4-14(21)10-13/h2-5,8-10,15,23H,6-7,11H2,1H3,(H,22,24). The van der Waals surface area contributed by atoms with Gasteiger partial charge < -0.3 is 10.3 Å². The summed E-state index contributed by atoms with van der Waals surface area (Å²) in [6.07, 6.45) is 2.85. The lowest BCUT2D eigenvalue weighted by Crippen LogP contribution is -2.38. The molecule has 0 radical (unpaired) electrons. The summed E-state index contributed by atoms with van der Waals surface area (Å²) in [6, 6.07) is 14.2. The Morgan fingerprint density at radius 2 is 2.12 bits per heavy atom. The topological polar surface area (TPSA) is 44.9 Å². The van der Waals surface area contributed by atoms with Crippen molar-refractivity contribution >= 4 is 32.7 Å². The van der Waals surface area contributed by atoms with Crippen LogP contribution in [0.5, 0.6) is 0 Å². The third-order valence-electron chi connectivity index (χ3n) is 4.77. The molecule has 0 aliphatic heterocycles. The predicted octanol–water partition coefficient (Wildman–Crippen LogP) is 4.53. The normalized spacial score (nSPS) is 16.8. The first-order chi connectivity index (χ1) is 11.6. The molecule has 0 fully saturated rings. The molecule has 4 rings (SSSR count). The second-order valence-corrected chi connectivity index (χ2v) is 7.47. The zero-order chi connectivity index (χ0) is 16.7. The number of H-pyrrole nitrogens is 1. The van der Waals surface area contributed by atoms with E-state index < -0.39 is 0 Å². The van der Waals surface area contributed by atoms with Gasteiger partial charge in [0, 0.05) is 39.1 Å². The van der Waals surface area contributed by atoms with Crippen molar-refractivity contribution < 1.29 is 4.79 Å². The van der Waals surface area contributed by atoms with Gasteiger partial charge >= 0.3 is 0 Å². The van der Waals surface area contributed by atoms with Crippen molar-refractivity contribution in [2.75, 3.05) is 0 Å². The van der Waals surface area contributed by atoms with Gasteiger partial charge in [-0.3, -0.25) is 4.79 Å². The fourth-order valence-corrected chi connectivity index (χ4v) is 3.97. The highest BCUT2D eigenvalue weighted by atomic mass is 79.9. The molecule has 2 aromatic carbocycles. The third-order valence-corrected chi connectivity index (χ3v) is 5.26. The number of hydrogen-bond donors (Lipinski definition) is 2. The Morgan fingerprint density at radius 1 is 1.25 bits per heavy atom. The van der Waals surface area contributed by atoms with Gasteiger partial charge in [-0.25, -0.2) is 0 Å². The van der Waals surface area contributed by atoms with E-state index in [2.05, 4.69) is 51.4 Å². The zero-order valence-corrected chi connectivity index (χ0v) is 15.1. The average molecular weight is 383 g/mol. The van der Waals surface area contributed by atoms with Gasteiger partial charge in [-0.2, -0.15) is 0 Å². The second kappa shape index (κ2) is 6.10. The predicted molar refractivity (Wildman–Crippen MR) is 100 cm³/mol. The number of rotatable bonds is 2. The van der Waals surface area contributed by atoms with E-state index in [0.29, 0.717) is 5.56 Å². The van der Waals surface area contributed by atoms with Crippen molar-refractivity contribution in [2.24, 2.45) is 0 Å². The molecule has 1 unspecified atom stereocenters. The summed E-state index contributed by atoms with van der Waals surface area (Å²) in [5.74, 6) is -0.00305. The van der Waals surface area contributed by atoms with Crippen LogP contribution in [-0.4, -0.2) is 16.9 Å². The molecule has 0 saturated heterocycles. The second-order valence-electron chi connectivity index (χ2n) is 6.55. The zero-order valence-electron chi connectivity index (χ0n) is 13.5. The summed E-state index contributed by atoms with van der Waals surface area (Å²) < 4.78 is 0.923. The van der Waals surface area contributed by atoms with Gasteiger partial charge in [0.2, 0.25) is 0 Å². The van der Waals surface area contributed by atoms with E-state index in [1.165, 1.54) is 27.7 Å². The minimum Gasteiger partial charge on any atom is -0.358 e. The number of amides is 1. The van der Waals surface area contributed by atoms with Crippen molar-refractivity contribution in [3.63, 3.8) is 0 Å². The first kappa shape index (κ1) is 15.5. The lowest BCUT2D eigenvalue weighted by molar-refractivity contribution is 0.0933. The number of fused-ring (bicyclic) bond motifs is 3. The van der Waals surface area contributed by atoms with E-state index in [9.17, 15) is 4.79 Å². The van der Waals surface area contributed by atoms with Crippen LogP contribution in [0.4, 0.5) is 0 Å². The fourth-order valence-electron chi connectivity index (χ4n) is 3.57. The Morgan fingerprint density at radius 3 is 2.96 bits per heavy atom. The molecule has 1 atom stereocenters. The van der Waals surface area contributed by atoms with Crippen LogP contribution < -0.4 is 5.32 Å². The van der Waals surface area contributed by atoms with Crippen LogP contribution in [0.3, 0.4) is 0 Å². The molecule has 4 heteroatoms. The molecule has 1 amide bonds. The van der Waals surface area contributed by atoms with Gasteiger partial charge in [0.15, 0.2) is 0 Å². The number of aromatic amines is 1. The van der Waals surface area contributed by atoms with E-state index in [1.807, 2.05) is 24.3 Å². The molecule has 0 spiro atoms. The van der Waals surface area contributed by atoms with Crippen LogP contribution in [-0.2, 0) is 12.8 Å². The minimum absolute atomic E-state index is 0.00305. The molecule has 24 heavy (non-hydrogen) atoms. The Hall–Kier alpha value is -2.07. The molecular formula is C20H19BrN2O. The Kier molecular flexibility index (Phi) is 3.93. The highest BCUT2D eigenvalue weighted by Crippen LogP contribution is 2.30. The van der Waals surface area contributed by atoms with E-state index in [0.717, 1.165) is 23.7 Å². The van der Waals surface area contributed by atoms with Gasteiger partial charge in [0.1, 0.15) is 0 Å². The van der Waals surface area contributed by atoms with E-state index in [4.69, 9.17) is 0 Å². The van der Waals surface area contributed by atoms with Gasteiger partial charge in [-0.1, -0.05) is 33.6 Å². The van der Waals surface area contributed by atoms with E-state index in [1.54, 1.807) is 0 Å². The maximum absolute atomic E-state index is 12.5. The molecule has 0 bridgehead atoms. The van der Waals surface area contributed by atoms with Crippen LogP contribution in [0.2, 0.25) is 0 Å². The van der Waals surface area contributed by atoms with Gasteiger partial charge in [-0.05, 0) is 55.7 Å². The number of aromatic nitrogens is 1. The molecule has 2 N–H and O–H groups in total. The summed E-state index contributed by atoms with van der Waals surface area (Å²) in [5.41, 5.74) is 5.87. The van der Waals surface area contributed by atoms with Gasteiger partial charge in [0.05, 0.1) is 0 Å². The molecular weight excluding hydrogens is 364 g/mol. The molecule has 1 aliphatic carbocycles. The quantitative estimate of drug-likeness (QED) is 0.671. The third kappa shape index (κ3) is 2.86. The maximum Gasteiger partial charge on any atom is 0.251 e. The molecule has 3 aromatic rings. The smallest absolute Gasteiger partial charge is 0.251 e. The summed E-state index contributed by atoms with van der Waals surface area (Å²) in [6.45, 7) is 2.13. The van der Waals surface area contributed by atoms with E-state index >= 15 is 0 Å². The minimum atomic E-state index is -0.00305. The number of carbonyl (C=O) groups excluding carboxylic acids is 1. The number of carbonyl (C=O) groups is 1. The van der Waals surface area contributed by atoms with Crippen LogP contribution in [0.15, 0.2) is 46.9 Å². The number of benzene rings is 2. The number of nitrogens with one attached hydrogen (secondary N) is 2. The maximum atomic E-state index is 12.5. The first-order valence-corrected chi connectivity index (χ1v) is 9.06. The van der Waals surface area contributed by atoms with Crippen LogP contribution in [0, 0.1) is 6.92 Å². The summed E-state index contributed by atoms with van der Waals surface area (Å²) in [7, 11) is 0. The van der Waals surface area contributed by atoms with Crippen LogP contribution >= 0.6 is 15.9 Å². The average Bonchev–Trinajstić information content (AvgIpc) is 2.92. The summed E-state index contributed by atoms with van der Waals surface area (Å²) >= 11 is 3.42. The van der Waals surface area contributed by atoms with E-state index in [-0.39, 0.29) is 11.9 Å². The monoisotopic (exact) mass is 382 g/mol. The molecule has 1 aromatic heterocycles. The number of hydrogen-bond acceptors (Lipinski definition) is 1. The van der Waals surface area contributed by atoms with Crippen molar-refractivity contribution in [1.82, 2.24) is 10.3 Å². The fraction of sp³-hybridized carbons (Fsp3) is 0.250. The Labute approximate surface area is 149 Å². The highest BCUT2D eigenvalue weighted by Gasteiger charge is 2.24. The molecule has 1 heterocycles. The van der Waals surface area contributed by atoms with Crippen molar-refractivity contribution in [2.45, 2.75) is 32.2 Å². The lowest BCUT2D eigenvalue weighted by atomic mass is 9.91. The van der Waals surface area contributed by atoms with Crippen LogP contribution in [0.1, 0.15) is 33.6 Å². The SMILES string of the molecule is Cc1ccc2[nH]c3c(c2c1)CCC(NC(=O)c1cccc(Br)c1)C3. The van der Waals surface area contributed by atoms with Crippen molar-refractivity contribution in [3.05, 3.63) is 69.3 Å². The van der Waals surface area contributed by atoms with Gasteiger partial charge in [0.25, 0.3) is 5.91 Å². The van der Waals surface area contributed by atoms with Crippen molar-refractivity contribution in [1.29, 1.82) is 0 Å². The lowest BCUT2D eigenvalue weighted by Gasteiger charge is -2.23. The molecule has 1 aliphatic rings. The molecule has 122 valence electrons.